The van der Waals surface area contributed by atoms with Crippen LogP contribution in [0.15, 0.2) is 54.7 Å². The Morgan fingerprint density at radius 2 is 1.79 bits per heavy atom. The van der Waals surface area contributed by atoms with E-state index in [-0.39, 0.29) is 5.91 Å². The Bertz CT molecular complexity index is 1160. The predicted octanol–water partition coefficient (Wildman–Crippen LogP) is 4.54. The van der Waals surface area contributed by atoms with Gasteiger partial charge in [0.25, 0.3) is 5.91 Å². The third-order valence-corrected chi connectivity index (χ3v) is 4.83. The predicted molar refractivity (Wildman–Crippen MR) is 113 cm³/mol. The molecule has 4 aromatic rings. The zero-order valence-electron chi connectivity index (χ0n) is 16.0. The van der Waals surface area contributed by atoms with E-state index in [1.165, 1.54) is 0 Å². The van der Waals surface area contributed by atoms with E-state index in [0.717, 1.165) is 39.2 Å². The average molecular weight is 371 g/mol. The Morgan fingerprint density at radius 3 is 2.50 bits per heavy atom. The standard InChI is InChI=1S/C22H21N5O/c1-13-4-5-16(10-14(13)2)22(28)27-20-11-18-19(12-24-20)26-21(25-18)15-6-8-17(23-3)9-7-15/h4-12,23H,1-3H3,(H,25,26)(H,24,27,28). The molecule has 0 aliphatic heterocycles. The minimum Gasteiger partial charge on any atom is -0.388 e. The fourth-order valence-corrected chi connectivity index (χ4v) is 2.98. The Hall–Kier alpha value is -3.67. The number of aromatic nitrogens is 3. The molecule has 0 saturated carbocycles. The summed E-state index contributed by atoms with van der Waals surface area (Å²) in [5.74, 6) is 1.05. The molecule has 4 rings (SSSR count). The largest absolute Gasteiger partial charge is 0.388 e. The summed E-state index contributed by atoms with van der Waals surface area (Å²) in [7, 11) is 1.88. The van der Waals surface area contributed by atoms with E-state index < -0.39 is 0 Å². The van der Waals surface area contributed by atoms with E-state index >= 15 is 0 Å². The van der Waals surface area contributed by atoms with Gasteiger partial charge in [0.1, 0.15) is 11.6 Å². The molecule has 140 valence electrons. The van der Waals surface area contributed by atoms with Gasteiger partial charge in [-0.05, 0) is 61.4 Å². The first-order chi connectivity index (χ1) is 13.5. The third-order valence-electron chi connectivity index (χ3n) is 4.83. The number of hydrogen-bond donors (Lipinski definition) is 3. The van der Waals surface area contributed by atoms with Gasteiger partial charge in [0.2, 0.25) is 0 Å². The first-order valence-electron chi connectivity index (χ1n) is 9.06. The van der Waals surface area contributed by atoms with Gasteiger partial charge >= 0.3 is 0 Å². The summed E-state index contributed by atoms with van der Waals surface area (Å²) in [4.78, 5) is 24.8. The van der Waals surface area contributed by atoms with Gasteiger partial charge in [-0.25, -0.2) is 9.97 Å². The SMILES string of the molecule is CNc1ccc(-c2nc3cc(NC(=O)c4ccc(C)c(C)c4)ncc3[nH]2)cc1. The highest BCUT2D eigenvalue weighted by Crippen LogP contribution is 2.23. The first kappa shape index (κ1) is 17.7. The van der Waals surface area contributed by atoms with Gasteiger partial charge in [0.05, 0.1) is 17.2 Å². The number of nitrogens with zero attached hydrogens (tertiary/aromatic N) is 2. The highest BCUT2D eigenvalue weighted by Gasteiger charge is 2.11. The third kappa shape index (κ3) is 3.44. The molecule has 6 heteroatoms. The molecule has 3 N–H and O–H groups in total. The second kappa shape index (κ2) is 7.15. The van der Waals surface area contributed by atoms with Crippen LogP contribution in [0.3, 0.4) is 0 Å². The number of pyridine rings is 1. The molecule has 0 aliphatic carbocycles. The minimum atomic E-state index is -0.187. The van der Waals surface area contributed by atoms with Gasteiger partial charge in [-0.3, -0.25) is 4.79 Å². The summed E-state index contributed by atoms with van der Waals surface area (Å²) in [5.41, 5.74) is 6.43. The van der Waals surface area contributed by atoms with Crippen molar-refractivity contribution in [3.05, 3.63) is 71.4 Å². The number of anilines is 2. The summed E-state index contributed by atoms with van der Waals surface area (Å²) < 4.78 is 0. The van der Waals surface area contributed by atoms with E-state index in [1.54, 1.807) is 12.3 Å². The molecule has 28 heavy (non-hydrogen) atoms. The van der Waals surface area contributed by atoms with Gasteiger partial charge in [-0.2, -0.15) is 0 Å². The van der Waals surface area contributed by atoms with Crippen molar-refractivity contribution in [1.82, 2.24) is 15.0 Å². The van der Waals surface area contributed by atoms with Crippen LogP contribution in [0.4, 0.5) is 11.5 Å². The van der Waals surface area contributed by atoms with Crippen molar-refractivity contribution in [3.63, 3.8) is 0 Å². The van der Waals surface area contributed by atoms with Gasteiger partial charge < -0.3 is 15.6 Å². The van der Waals surface area contributed by atoms with E-state index in [2.05, 4.69) is 25.6 Å². The van der Waals surface area contributed by atoms with E-state index in [0.29, 0.717) is 11.4 Å². The van der Waals surface area contributed by atoms with Crippen LogP contribution in [-0.4, -0.2) is 27.9 Å². The minimum absolute atomic E-state index is 0.187. The lowest BCUT2D eigenvalue weighted by Gasteiger charge is -2.06. The first-order valence-corrected chi connectivity index (χ1v) is 9.06. The van der Waals surface area contributed by atoms with Crippen molar-refractivity contribution < 1.29 is 4.79 Å². The van der Waals surface area contributed by atoms with E-state index in [1.807, 2.05) is 63.4 Å². The molecule has 0 bridgehead atoms. The van der Waals surface area contributed by atoms with Crippen molar-refractivity contribution in [3.8, 4) is 11.4 Å². The summed E-state index contributed by atoms with van der Waals surface area (Å²) >= 11 is 0. The van der Waals surface area contributed by atoms with Crippen LogP contribution in [0.1, 0.15) is 21.5 Å². The van der Waals surface area contributed by atoms with Crippen molar-refractivity contribution in [2.75, 3.05) is 17.7 Å². The lowest BCUT2D eigenvalue weighted by atomic mass is 10.1. The van der Waals surface area contributed by atoms with Gasteiger partial charge in [0.15, 0.2) is 0 Å². The quantitative estimate of drug-likeness (QED) is 0.492. The zero-order valence-corrected chi connectivity index (χ0v) is 16.0. The number of hydrogen-bond acceptors (Lipinski definition) is 4. The molecule has 0 aliphatic rings. The number of imidazole rings is 1. The number of aromatic amines is 1. The van der Waals surface area contributed by atoms with Crippen LogP contribution in [0, 0.1) is 13.8 Å². The number of benzene rings is 2. The van der Waals surface area contributed by atoms with Crippen LogP contribution in [0.25, 0.3) is 22.4 Å². The Labute approximate surface area is 163 Å². The second-order valence-electron chi connectivity index (χ2n) is 6.75. The van der Waals surface area contributed by atoms with Crippen molar-refractivity contribution in [2.45, 2.75) is 13.8 Å². The molecular formula is C22H21N5O. The normalized spacial score (nSPS) is 10.8. The van der Waals surface area contributed by atoms with Gasteiger partial charge in [-0.15, -0.1) is 0 Å². The molecule has 0 unspecified atom stereocenters. The number of H-pyrrole nitrogens is 1. The smallest absolute Gasteiger partial charge is 0.256 e. The molecular weight excluding hydrogens is 350 g/mol. The Balaban J connectivity index is 1.58. The molecule has 2 heterocycles. The fraction of sp³-hybridized carbons (Fsp3) is 0.136. The molecule has 0 atom stereocenters. The molecule has 2 aromatic heterocycles. The Morgan fingerprint density at radius 1 is 1.00 bits per heavy atom. The summed E-state index contributed by atoms with van der Waals surface area (Å²) in [5, 5.41) is 5.95. The monoisotopic (exact) mass is 371 g/mol. The molecule has 1 amide bonds. The van der Waals surface area contributed by atoms with E-state index in [9.17, 15) is 4.79 Å². The number of fused-ring (bicyclic) bond motifs is 1. The van der Waals surface area contributed by atoms with Crippen LogP contribution in [-0.2, 0) is 0 Å². The highest BCUT2D eigenvalue weighted by molar-refractivity contribution is 6.04. The number of carbonyl (C=O) groups is 1. The van der Waals surface area contributed by atoms with Crippen LogP contribution < -0.4 is 10.6 Å². The maximum atomic E-state index is 12.5. The summed E-state index contributed by atoms with van der Waals surface area (Å²) in [6, 6.07) is 15.4. The number of aryl methyl sites for hydroxylation is 2. The van der Waals surface area contributed by atoms with E-state index in [4.69, 9.17) is 0 Å². The lowest BCUT2D eigenvalue weighted by Crippen LogP contribution is -2.13. The zero-order chi connectivity index (χ0) is 19.7. The van der Waals surface area contributed by atoms with Gasteiger partial charge in [0, 0.05) is 29.9 Å². The second-order valence-corrected chi connectivity index (χ2v) is 6.75. The van der Waals surface area contributed by atoms with Crippen molar-refractivity contribution >= 4 is 28.4 Å². The van der Waals surface area contributed by atoms with Gasteiger partial charge in [-0.1, -0.05) is 6.07 Å². The maximum Gasteiger partial charge on any atom is 0.256 e. The maximum absolute atomic E-state index is 12.5. The van der Waals surface area contributed by atoms with Crippen molar-refractivity contribution in [2.24, 2.45) is 0 Å². The molecule has 6 nitrogen and oxygen atoms in total. The number of rotatable bonds is 4. The average Bonchev–Trinajstić information content (AvgIpc) is 3.13. The lowest BCUT2D eigenvalue weighted by molar-refractivity contribution is 0.102. The molecule has 0 saturated heterocycles. The summed E-state index contributed by atoms with van der Waals surface area (Å²) in [6.07, 6.45) is 1.68. The number of amides is 1. The fourth-order valence-electron chi connectivity index (χ4n) is 2.98. The number of nitrogens with one attached hydrogen (secondary N) is 3. The van der Waals surface area contributed by atoms with Crippen LogP contribution >= 0.6 is 0 Å². The van der Waals surface area contributed by atoms with Crippen LogP contribution in [0.5, 0.6) is 0 Å². The molecule has 2 aromatic carbocycles. The summed E-state index contributed by atoms with van der Waals surface area (Å²) in [6.45, 7) is 4.01. The van der Waals surface area contributed by atoms with Crippen LogP contribution in [0.2, 0.25) is 0 Å². The number of carbonyl (C=O) groups excluding carboxylic acids is 1. The Kier molecular flexibility index (Phi) is 4.53. The van der Waals surface area contributed by atoms with Crippen molar-refractivity contribution in [1.29, 1.82) is 0 Å². The molecule has 0 radical (unpaired) electrons. The molecule has 0 fully saturated rings. The topological polar surface area (TPSA) is 82.7 Å². The molecule has 0 spiro atoms. The highest BCUT2D eigenvalue weighted by atomic mass is 16.1.